The monoisotopic (exact) mass is 477 g/mol. The van der Waals surface area contributed by atoms with Crippen LogP contribution in [-0.4, -0.2) is 55.9 Å². The average molecular weight is 478 g/mol. The second-order valence-electron chi connectivity index (χ2n) is 9.77. The van der Waals surface area contributed by atoms with Crippen LogP contribution in [0.5, 0.6) is 11.5 Å². The van der Waals surface area contributed by atoms with E-state index < -0.39 is 5.60 Å². The van der Waals surface area contributed by atoms with Crippen molar-refractivity contribution in [3.63, 3.8) is 0 Å². The van der Waals surface area contributed by atoms with E-state index in [9.17, 15) is 4.79 Å². The summed E-state index contributed by atoms with van der Waals surface area (Å²) in [6.07, 6.45) is 0.366. The van der Waals surface area contributed by atoms with Gasteiger partial charge in [0, 0.05) is 19.6 Å². The largest absolute Gasteiger partial charge is 0.490 e. The third-order valence-electron chi connectivity index (χ3n) is 5.80. The third-order valence-corrected chi connectivity index (χ3v) is 5.80. The standard InChI is InChI=1S/C29H35NO5/c1-29(2,3)35-28(31)14-15-30-16-17-34-27(21-30)23-9-11-25(12-10-23)32-18-19-33-26-13-8-22-6-4-5-7-24(22)20-26/h4-13,20,27H,14-19,21H2,1-3H3. The number of benzene rings is 3. The van der Waals surface area contributed by atoms with Crippen LogP contribution in [0.2, 0.25) is 0 Å². The number of carbonyl (C=O) groups excluding carboxylic acids is 1. The van der Waals surface area contributed by atoms with Gasteiger partial charge in [-0.1, -0.05) is 42.5 Å². The molecule has 6 nitrogen and oxygen atoms in total. The maximum absolute atomic E-state index is 12.0. The Morgan fingerprint density at radius 2 is 1.63 bits per heavy atom. The smallest absolute Gasteiger partial charge is 0.307 e. The first-order valence-electron chi connectivity index (χ1n) is 12.3. The number of morpholine rings is 1. The van der Waals surface area contributed by atoms with Crippen LogP contribution in [0.25, 0.3) is 10.8 Å². The quantitative estimate of drug-likeness (QED) is 0.304. The fourth-order valence-corrected chi connectivity index (χ4v) is 4.10. The highest BCUT2D eigenvalue weighted by molar-refractivity contribution is 5.83. The molecule has 0 N–H and O–H groups in total. The lowest BCUT2D eigenvalue weighted by atomic mass is 10.1. The highest BCUT2D eigenvalue weighted by Gasteiger charge is 2.23. The summed E-state index contributed by atoms with van der Waals surface area (Å²) in [5.41, 5.74) is 0.656. The summed E-state index contributed by atoms with van der Waals surface area (Å²) in [7, 11) is 0. The molecule has 0 saturated carbocycles. The van der Waals surface area contributed by atoms with Gasteiger partial charge in [-0.2, -0.15) is 0 Å². The van der Waals surface area contributed by atoms with Gasteiger partial charge in [0.2, 0.25) is 0 Å². The van der Waals surface area contributed by atoms with Crippen molar-refractivity contribution in [1.82, 2.24) is 4.90 Å². The lowest BCUT2D eigenvalue weighted by Crippen LogP contribution is -2.39. The summed E-state index contributed by atoms with van der Waals surface area (Å²) >= 11 is 0. The van der Waals surface area contributed by atoms with Crippen molar-refractivity contribution in [1.29, 1.82) is 0 Å². The highest BCUT2D eigenvalue weighted by Crippen LogP contribution is 2.25. The number of hydrogen-bond donors (Lipinski definition) is 0. The molecule has 0 amide bonds. The molecule has 6 heteroatoms. The summed E-state index contributed by atoms with van der Waals surface area (Å²) in [4.78, 5) is 14.3. The van der Waals surface area contributed by atoms with E-state index in [1.54, 1.807) is 0 Å². The van der Waals surface area contributed by atoms with Crippen molar-refractivity contribution in [2.75, 3.05) is 39.5 Å². The summed E-state index contributed by atoms with van der Waals surface area (Å²) in [5, 5.41) is 2.36. The maximum atomic E-state index is 12.0. The van der Waals surface area contributed by atoms with Gasteiger partial charge in [0.15, 0.2) is 0 Å². The second-order valence-corrected chi connectivity index (χ2v) is 9.77. The van der Waals surface area contributed by atoms with Gasteiger partial charge in [-0.05, 0) is 61.4 Å². The van der Waals surface area contributed by atoms with E-state index in [1.807, 2.05) is 69.3 Å². The van der Waals surface area contributed by atoms with Crippen LogP contribution in [0.3, 0.4) is 0 Å². The van der Waals surface area contributed by atoms with Crippen LogP contribution in [0.15, 0.2) is 66.7 Å². The van der Waals surface area contributed by atoms with Gasteiger partial charge in [-0.25, -0.2) is 0 Å². The van der Waals surface area contributed by atoms with Crippen molar-refractivity contribution in [2.24, 2.45) is 0 Å². The molecule has 35 heavy (non-hydrogen) atoms. The van der Waals surface area contributed by atoms with E-state index in [2.05, 4.69) is 23.1 Å². The van der Waals surface area contributed by atoms with E-state index in [0.717, 1.165) is 35.5 Å². The zero-order valence-corrected chi connectivity index (χ0v) is 20.9. The minimum atomic E-state index is -0.447. The van der Waals surface area contributed by atoms with E-state index in [-0.39, 0.29) is 12.1 Å². The fourth-order valence-electron chi connectivity index (χ4n) is 4.10. The normalized spacial score (nSPS) is 16.7. The second kappa shape index (κ2) is 11.6. The van der Waals surface area contributed by atoms with Gasteiger partial charge < -0.3 is 18.9 Å². The molecule has 0 aromatic heterocycles. The molecule has 0 bridgehead atoms. The molecule has 1 aliphatic heterocycles. The van der Waals surface area contributed by atoms with Crippen LogP contribution in [0.4, 0.5) is 0 Å². The Morgan fingerprint density at radius 1 is 0.943 bits per heavy atom. The molecule has 0 aliphatic carbocycles. The number of rotatable bonds is 9. The molecule has 1 fully saturated rings. The minimum Gasteiger partial charge on any atom is -0.490 e. The molecule has 0 radical (unpaired) electrons. The summed E-state index contributed by atoms with van der Waals surface area (Å²) in [6.45, 7) is 9.49. The molecule has 186 valence electrons. The first-order valence-corrected chi connectivity index (χ1v) is 12.3. The van der Waals surface area contributed by atoms with E-state index in [1.165, 1.54) is 5.39 Å². The van der Waals surface area contributed by atoms with Crippen molar-refractivity contribution in [3.05, 3.63) is 72.3 Å². The molecule has 3 aromatic rings. The highest BCUT2D eigenvalue weighted by atomic mass is 16.6. The SMILES string of the molecule is CC(C)(C)OC(=O)CCN1CCOC(c2ccc(OCCOc3ccc4ccccc4c3)cc2)C1. The summed E-state index contributed by atoms with van der Waals surface area (Å²) < 4.78 is 23.1. The molecular weight excluding hydrogens is 442 g/mol. The Hall–Kier alpha value is -3.09. The Balaban J connectivity index is 1.20. The van der Waals surface area contributed by atoms with Crippen LogP contribution in [0, 0.1) is 0 Å². The molecule has 1 aliphatic rings. The van der Waals surface area contributed by atoms with Gasteiger partial charge in [0.05, 0.1) is 19.1 Å². The first-order chi connectivity index (χ1) is 16.9. The topological polar surface area (TPSA) is 57.2 Å². The zero-order chi connectivity index (χ0) is 24.7. The number of esters is 1. The van der Waals surface area contributed by atoms with Gasteiger partial charge in [-0.15, -0.1) is 0 Å². The zero-order valence-electron chi connectivity index (χ0n) is 20.9. The maximum Gasteiger partial charge on any atom is 0.307 e. The van der Waals surface area contributed by atoms with Gasteiger partial charge in [0.25, 0.3) is 0 Å². The van der Waals surface area contributed by atoms with E-state index >= 15 is 0 Å². The molecule has 1 heterocycles. The van der Waals surface area contributed by atoms with Gasteiger partial charge >= 0.3 is 5.97 Å². The Kier molecular flexibility index (Phi) is 8.26. The predicted molar refractivity (Wildman–Crippen MR) is 137 cm³/mol. The fraction of sp³-hybridized carbons (Fsp3) is 0.414. The lowest BCUT2D eigenvalue weighted by Gasteiger charge is -2.33. The third kappa shape index (κ3) is 7.70. The van der Waals surface area contributed by atoms with Gasteiger partial charge in [-0.3, -0.25) is 9.69 Å². The molecular formula is C29H35NO5. The molecule has 0 spiro atoms. The number of hydrogen-bond acceptors (Lipinski definition) is 6. The molecule has 4 rings (SSSR count). The Morgan fingerprint density at radius 3 is 2.37 bits per heavy atom. The summed E-state index contributed by atoms with van der Waals surface area (Å²) in [6, 6.07) is 22.3. The van der Waals surface area contributed by atoms with Crippen molar-refractivity contribution < 1.29 is 23.7 Å². The summed E-state index contributed by atoms with van der Waals surface area (Å²) in [5.74, 6) is 1.48. The van der Waals surface area contributed by atoms with Crippen molar-refractivity contribution in [2.45, 2.75) is 38.9 Å². The molecule has 1 atom stereocenters. The van der Waals surface area contributed by atoms with Crippen LogP contribution >= 0.6 is 0 Å². The minimum absolute atomic E-state index is 0.0207. The van der Waals surface area contributed by atoms with Crippen LogP contribution in [0.1, 0.15) is 38.9 Å². The van der Waals surface area contributed by atoms with Crippen LogP contribution < -0.4 is 9.47 Å². The van der Waals surface area contributed by atoms with Crippen molar-refractivity contribution >= 4 is 16.7 Å². The van der Waals surface area contributed by atoms with E-state index in [4.69, 9.17) is 18.9 Å². The predicted octanol–water partition coefficient (Wildman–Crippen LogP) is 5.40. The number of ether oxygens (including phenoxy) is 4. The lowest BCUT2D eigenvalue weighted by molar-refractivity contribution is -0.155. The first kappa shape index (κ1) is 25.0. The van der Waals surface area contributed by atoms with E-state index in [0.29, 0.717) is 32.8 Å². The van der Waals surface area contributed by atoms with Crippen LogP contribution in [-0.2, 0) is 14.3 Å². The molecule has 1 unspecified atom stereocenters. The molecule has 1 saturated heterocycles. The number of carbonyl (C=O) groups is 1. The Labute approximate surface area is 207 Å². The van der Waals surface area contributed by atoms with Gasteiger partial charge in [0.1, 0.15) is 30.3 Å². The average Bonchev–Trinajstić information content (AvgIpc) is 2.85. The Bertz CT molecular complexity index is 1110. The number of fused-ring (bicyclic) bond motifs is 1. The number of nitrogens with zero attached hydrogens (tertiary/aromatic N) is 1. The molecule has 3 aromatic carbocycles. The van der Waals surface area contributed by atoms with Crippen molar-refractivity contribution in [3.8, 4) is 11.5 Å².